The first-order valence-corrected chi connectivity index (χ1v) is 14.7. The van der Waals surface area contributed by atoms with Crippen LogP contribution < -0.4 is 10.6 Å². The predicted molar refractivity (Wildman–Crippen MR) is 145 cm³/mol. The Hall–Kier alpha value is -4.29. The van der Waals surface area contributed by atoms with E-state index in [9.17, 15) is 41.4 Å². The first kappa shape index (κ1) is 30.2. The van der Waals surface area contributed by atoms with Gasteiger partial charge >= 0.3 is 17.8 Å². The van der Waals surface area contributed by atoms with Crippen molar-refractivity contribution in [3.63, 3.8) is 0 Å². The fourth-order valence-corrected chi connectivity index (χ4v) is 5.68. The molecule has 1 aliphatic rings. The second-order valence-electron chi connectivity index (χ2n) is 9.49. The van der Waals surface area contributed by atoms with E-state index in [-0.39, 0.29) is 59.1 Å². The largest absolute Gasteiger partial charge is 0.476 e. The number of carboxylic acids is 1. The summed E-state index contributed by atoms with van der Waals surface area (Å²) in [5, 5.41) is 28.3. The number of sulfone groups is 1. The van der Waals surface area contributed by atoms with Crippen molar-refractivity contribution in [2.75, 3.05) is 29.5 Å². The number of aliphatic hydroxyl groups is 1. The number of nitrogens with zero attached hydrogens (tertiary/aromatic N) is 8. The van der Waals surface area contributed by atoms with E-state index in [1.807, 2.05) is 0 Å². The summed E-state index contributed by atoms with van der Waals surface area (Å²) in [5.41, 5.74) is -1.14. The average Bonchev–Trinajstić information content (AvgIpc) is 3.50. The summed E-state index contributed by atoms with van der Waals surface area (Å²) in [4.78, 5) is 35.1. The topological polar surface area (TPSA) is 178 Å². The van der Waals surface area contributed by atoms with Crippen molar-refractivity contribution < 1.29 is 36.6 Å². The number of anilines is 1. The molecule has 1 aromatic carbocycles. The third-order valence-electron chi connectivity index (χ3n) is 6.53. The maximum Gasteiger partial charge on any atom is 0.416 e. The van der Waals surface area contributed by atoms with E-state index in [1.165, 1.54) is 42.6 Å². The van der Waals surface area contributed by atoms with Crippen LogP contribution in [0.2, 0.25) is 5.02 Å². The molecule has 0 aliphatic carbocycles. The number of alkyl halides is 3. The Morgan fingerprint density at radius 2 is 1.77 bits per heavy atom. The molecule has 1 aliphatic heterocycles. The van der Waals surface area contributed by atoms with Gasteiger partial charge in [0.05, 0.1) is 18.1 Å². The molecule has 0 radical (unpaired) electrons. The molecule has 1 saturated heterocycles. The van der Waals surface area contributed by atoms with Crippen LogP contribution in [0.5, 0.6) is 0 Å². The number of aromatic nitrogens is 7. The van der Waals surface area contributed by atoms with Crippen LogP contribution in [0.1, 0.15) is 16.3 Å². The summed E-state index contributed by atoms with van der Waals surface area (Å²) in [6.45, 7) is -1.57. The van der Waals surface area contributed by atoms with Gasteiger partial charge in [-0.1, -0.05) is 11.6 Å². The zero-order valence-electron chi connectivity index (χ0n) is 21.9. The number of halogens is 4. The summed E-state index contributed by atoms with van der Waals surface area (Å²) in [7, 11) is -3.29. The Kier molecular flexibility index (Phi) is 8.01. The maximum atomic E-state index is 13.3. The zero-order valence-corrected chi connectivity index (χ0v) is 23.5. The molecular weight excluding hydrogens is 621 g/mol. The number of carboxylic acid groups (broad SMARTS) is 1. The van der Waals surface area contributed by atoms with Crippen molar-refractivity contribution in [2.45, 2.75) is 25.4 Å². The highest BCUT2D eigenvalue weighted by atomic mass is 35.5. The van der Waals surface area contributed by atoms with Gasteiger partial charge in [-0.3, -0.25) is 4.57 Å². The molecule has 0 amide bonds. The van der Waals surface area contributed by atoms with Gasteiger partial charge in [-0.05, 0) is 36.4 Å². The van der Waals surface area contributed by atoms with Crippen LogP contribution in [0.25, 0.3) is 17.1 Å². The molecule has 1 fully saturated rings. The van der Waals surface area contributed by atoms with E-state index in [0.717, 1.165) is 9.36 Å². The molecule has 4 heterocycles. The van der Waals surface area contributed by atoms with Gasteiger partial charge < -0.3 is 15.1 Å². The number of pyridine rings is 1. The molecule has 5 rings (SSSR count). The average molecular weight is 643 g/mol. The van der Waals surface area contributed by atoms with Crippen LogP contribution in [0.3, 0.4) is 0 Å². The minimum absolute atomic E-state index is 0.00482. The van der Waals surface area contributed by atoms with E-state index in [2.05, 4.69) is 20.2 Å². The standard InChI is InChI=1S/C24H22ClF3N8O6S/c25-15-5-3-14(4-6-15)20-32-35(23(40)34(20)12-17(37)24(26,27)28)13-18-30-22(33-8-10-43(41,42)11-9-33)36(31-18)16-2-1-7-29-19(16)21(38)39/h1-7,17,37H,8-13H2,(H,38,39)/t17-/m1/s1. The summed E-state index contributed by atoms with van der Waals surface area (Å²) >= 11 is 5.92. The number of aromatic carboxylic acids is 1. The van der Waals surface area contributed by atoms with Gasteiger partial charge in [-0.25, -0.2) is 27.7 Å². The van der Waals surface area contributed by atoms with Gasteiger partial charge in [0.25, 0.3) is 0 Å². The third kappa shape index (κ3) is 6.40. The normalized spacial score (nSPS) is 15.9. The second kappa shape index (κ2) is 11.4. The fourth-order valence-electron chi connectivity index (χ4n) is 4.35. The van der Waals surface area contributed by atoms with Crippen LogP contribution in [0.15, 0.2) is 47.4 Å². The number of aliphatic hydroxyl groups excluding tert-OH is 1. The number of carbonyl (C=O) groups is 1. The Bertz CT molecular complexity index is 1820. The lowest BCUT2D eigenvalue weighted by Gasteiger charge is -2.27. The van der Waals surface area contributed by atoms with Gasteiger partial charge in [0.1, 0.15) is 12.2 Å². The monoisotopic (exact) mass is 642 g/mol. The van der Waals surface area contributed by atoms with Crippen molar-refractivity contribution >= 4 is 33.4 Å². The van der Waals surface area contributed by atoms with Crippen molar-refractivity contribution in [1.82, 2.24) is 34.1 Å². The smallest absolute Gasteiger partial charge is 0.416 e. The van der Waals surface area contributed by atoms with Gasteiger partial charge in [0.2, 0.25) is 5.95 Å². The lowest BCUT2D eigenvalue weighted by molar-refractivity contribution is -0.207. The number of rotatable bonds is 8. The van der Waals surface area contributed by atoms with Crippen LogP contribution in [0, 0.1) is 0 Å². The first-order chi connectivity index (χ1) is 20.2. The minimum Gasteiger partial charge on any atom is -0.476 e. The number of hydrogen-bond donors (Lipinski definition) is 2. The SMILES string of the molecule is O=C(O)c1ncccc1-n1nc(Cn2nc(-c3ccc(Cl)cc3)n(C[C@@H](O)C(F)(F)F)c2=O)nc1N1CCS(=O)(=O)CC1. The lowest BCUT2D eigenvalue weighted by atomic mass is 10.2. The second-order valence-corrected chi connectivity index (χ2v) is 12.2. The summed E-state index contributed by atoms with van der Waals surface area (Å²) in [6, 6.07) is 8.66. The van der Waals surface area contributed by atoms with E-state index in [4.69, 9.17) is 11.6 Å². The highest BCUT2D eigenvalue weighted by molar-refractivity contribution is 7.91. The van der Waals surface area contributed by atoms with E-state index in [1.54, 1.807) is 4.90 Å². The molecule has 14 nitrogen and oxygen atoms in total. The number of benzene rings is 1. The molecule has 1 atom stereocenters. The van der Waals surface area contributed by atoms with Crippen molar-refractivity contribution in [3.05, 3.63) is 69.6 Å². The van der Waals surface area contributed by atoms with Crippen molar-refractivity contribution in [2.24, 2.45) is 0 Å². The summed E-state index contributed by atoms with van der Waals surface area (Å²) < 4.78 is 66.3. The lowest BCUT2D eigenvalue weighted by Crippen LogP contribution is -2.41. The van der Waals surface area contributed by atoms with Crippen molar-refractivity contribution in [3.8, 4) is 17.1 Å². The molecule has 0 saturated carbocycles. The molecule has 4 aromatic rings. The Morgan fingerprint density at radius 3 is 2.40 bits per heavy atom. The molecule has 0 unspecified atom stereocenters. The third-order valence-corrected chi connectivity index (χ3v) is 8.39. The highest BCUT2D eigenvalue weighted by Gasteiger charge is 2.39. The van der Waals surface area contributed by atoms with Crippen LogP contribution in [-0.4, -0.2) is 95.6 Å². The zero-order chi connectivity index (χ0) is 31.1. The number of hydrogen-bond acceptors (Lipinski definition) is 10. The Labute approximate surface area is 245 Å². The molecule has 43 heavy (non-hydrogen) atoms. The first-order valence-electron chi connectivity index (χ1n) is 12.5. The van der Waals surface area contributed by atoms with E-state index < -0.39 is 46.9 Å². The molecule has 2 N–H and O–H groups in total. The molecule has 228 valence electrons. The molecule has 19 heteroatoms. The molecule has 3 aromatic heterocycles. The summed E-state index contributed by atoms with van der Waals surface area (Å²) in [6.07, 6.45) is -6.62. The van der Waals surface area contributed by atoms with Crippen LogP contribution in [-0.2, 0) is 22.9 Å². The van der Waals surface area contributed by atoms with Crippen molar-refractivity contribution in [1.29, 1.82) is 0 Å². The minimum atomic E-state index is -5.01. The van der Waals surface area contributed by atoms with E-state index in [0.29, 0.717) is 9.59 Å². The van der Waals surface area contributed by atoms with Gasteiger partial charge in [-0.15, -0.1) is 10.2 Å². The van der Waals surface area contributed by atoms with Crippen LogP contribution in [0.4, 0.5) is 19.1 Å². The molecule has 0 bridgehead atoms. The quantitative estimate of drug-likeness (QED) is 0.283. The Morgan fingerprint density at radius 1 is 1.09 bits per heavy atom. The van der Waals surface area contributed by atoms with Gasteiger partial charge in [0.15, 0.2) is 33.3 Å². The predicted octanol–water partition coefficient (Wildman–Crippen LogP) is 1.25. The van der Waals surface area contributed by atoms with E-state index >= 15 is 0 Å². The van der Waals surface area contributed by atoms with Gasteiger partial charge in [-0.2, -0.15) is 22.8 Å². The van der Waals surface area contributed by atoms with Crippen LogP contribution >= 0.6 is 11.6 Å². The Balaban J connectivity index is 1.59. The highest BCUT2D eigenvalue weighted by Crippen LogP contribution is 2.25. The fraction of sp³-hybridized carbons (Fsp3) is 0.333. The van der Waals surface area contributed by atoms with Gasteiger partial charge in [0, 0.05) is 29.9 Å². The molecule has 0 spiro atoms. The molecular formula is C24H22ClF3N8O6S. The maximum absolute atomic E-state index is 13.3. The summed E-state index contributed by atoms with van der Waals surface area (Å²) in [5.74, 6) is -1.96.